The molecular formula is C23H26N2O9S. The van der Waals surface area contributed by atoms with Gasteiger partial charge in [-0.1, -0.05) is 17.0 Å². The van der Waals surface area contributed by atoms with Gasteiger partial charge in [-0.15, -0.1) is 5.06 Å². The molecule has 3 heterocycles. The predicted octanol–water partition coefficient (Wildman–Crippen LogP) is 1.70. The van der Waals surface area contributed by atoms with Crippen LogP contribution in [0.3, 0.4) is 0 Å². The van der Waals surface area contributed by atoms with Crippen LogP contribution in [0.1, 0.15) is 33.6 Å². The maximum atomic E-state index is 11.9. The Bertz CT molecular complexity index is 1110. The lowest BCUT2D eigenvalue weighted by atomic mass is 10.1. The van der Waals surface area contributed by atoms with E-state index in [-0.39, 0.29) is 17.1 Å². The highest BCUT2D eigenvalue weighted by atomic mass is 32.2. The van der Waals surface area contributed by atoms with E-state index in [2.05, 4.69) is 4.89 Å². The number of carbonyl (C=O) groups excluding carboxylic acids is 2. The predicted molar refractivity (Wildman–Crippen MR) is 121 cm³/mol. The Balaban J connectivity index is 0.000000165. The zero-order valence-electron chi connectivity index (χ0n) is 19.0. The second kappa shape index (κ2) is 11.2. The zero-order valence-corrected chi connectivity index (χ0v) is 19.9. The SMILES string of the molecule is COc1ccc(S(=O)(=O)NOC2CCOC2)cc1.O=C1c2ccccc2C(=O)N1OC1CCOC1. The number of ether oxygens (including phenoxy) is 3. The third kappa shape index (κ3) is 6.04. The highest BCUT2D eigenvalue weighted by Crippen LogP contribution is 2.24. The standard InChI is InChI=1S/C12H11NO4.C11H15NO5S/c14-11-9-3-1-2-4-10(9)12(15)13(11)17-8-5-6-16-7-8;1-15-9-2-4-11(5-3-9)18(13,14)12-17-10-6-7-16-8-10/h1-4,8H,5-7H2;2-5,10,12H,6-8H2,1H3. The Morgan fingerprint density at radius 2 is 1.46 bits per heavy atom. The fraction of sp³-hybridized carbons (Fsp3) is 0.391. The molecule has 2 aromatic carbocycles. The minimum atomic E-state index is -3.66. The van der Waals surface area contributed by atoms with Crippen molar-refractivity contribution in [3.05, 3.63) is 59.7 Å². The number of nitrogens with one attached hydrogen (secondary N) is 1. The van der Waals surface area contributed by atoms with Gasteiger partial charge in [0.25, 0.3) is 21.8 Å². The van der Waals surface area contributed by atoms with Crippen LogP contribution < -0.4 is 9.62 Å². The third-order valence-electron chi connectivity index (χ3n) is 5.48. The van der Waals surface area contributed by atoms with Gasteiger partial charge in [0, 0.05) is 26.1 Å². The van der Waals surface area contributed by atoms with Gasteiger partial charge in [-0.3, -0.25) is 19.3 Å². The highest BCUT2D eigenvalue weighted by Gasteiger charge is 2.38. The normalized spacial score (nSPS) is 21.6. The number of amides is 2. The van der Waals surface area contributed by atoms with Crippen molar-refractivity contribution in [2.24, 2.45) is 0 Å². The molecule has 2 fully saturated rings. The van der Waals surface area contributed by atoms with Gasteiger partial charge < -0.3 is 14.2 Å². The fourth-order valence-corrected chi connectivity index (χ4v) is 4.40. The zero-order chi connectivity index (χ0) is 24.8. The summed E-state index contributed by atoms with van der Waals surface area (Å²) in [7, 11) is -2.14. The van der Waals surface area contributed by atoms with Gasteiger partial charge in [-0.2, -0.15) is 0 Å². The van der Waals surface area contributed by atoms with Crippen molar-refractivity contribution in [1.82, 2.24) is 9.95 Å². The number of nitrogens with zero attached hydrogens (tertiary/aromatic N) is 1. The van der Waals surface area contributed by atoms with Crippen molar-refractivity contribution in [2.45, 2.75) is 29.9 Å². The van der Waals surface area contributed by atoms with Crippen LogP contribution in [0.15, 0.2) is 53.4 Å². The van der Waals surface area contributed by atoms with Crippen LogP contribution in [0.25, 0.3) is 0 Å². The summed E-state index contributed by atoms with van der Waals surface area (Å²) in [6.45, 7) is 2.03. The molecule has 3 aliphatic heterocycles. The molecule has 2 amide bonds. The van der Waals surface area contributed by atoms with E-state index >= 15 is 0 Å². The molecule has 35 heavy (non-hydrogen) atoms. The van der Waals surface area contributed by atoms with Gasteiger partial charge in [0.05, 0.1) is 36.3 Å². The van der Waals surface area contributed by atoms with E-state index in [1.165, 1.54) is 19.2 Å². The Hall–Kier alpha value is -2.87. The molecule has 2 unspecified atom stereocenters. The number of methoxy groups -OCH3 is 1. The molecular weight excluding hydrogens is 480 g/mol. The molecule has 1 N–H and O–H groups in total. The first-order chi connectivity index (χ1) is 16.9. The largest absolute Gasteiger partial charge is 0.497 e. The van der Waals surface area contributed by atoms with Crippen LogP contribution in [-0.4, -0.2) is 71.0 Å². The Morgan fingerprint density at radius 3 is 1.97 bits per heavy atom. The number of carbonyl (C=O) groups is 2. The maximum absolute atomic E-state index is 11.9. The number of fused-ring (bicyclic) bond motifs is 1. The fourth-order valence-electron chi connectivity index (χ4n) is 3.55. The highest BCUT2D eigenvalue weighted by molar-refractivity contribution is 7.89. The number of hydrogen-bond acceptors (Lipinski definition) is 9. The summed E-state index contributed by atoms with van der Waals surface area (Å²) in [4.78, 5) is 36.6. The Labute approximate surface area is 202 Å². The maximum Gasteiger partial charge on any atom is 0.285 e. The van der Waals surface area contributed by atoms with Crippen molar-refractivity contribution in [1.29, 1.82) is 0 Å². The number of hydrogen-bond donors (Lipinski definition) is 1. The summed E-state index contributed by atoms with van der Waals surface area (Å²) in [5.74, 6) is -0.186. The van der Waals surface area contributed by atoms with Crippen LogP contribution in [0.4, 0.5) is 0 Å². The van der Waals surface area contributed by atoms with E-state index in [4.69, 9.17) is 23.9 Å². The molecule has 2 aromatic rings. The first-order valence-electron chi connectivity index (χ1n) is 11.0. The van der Waals surface area contributed by atoms with Crippen LogP contribution in [0, 0.1) is 0 Å². The minimum Gasteiger partial charge on any atom is -0.497 e. The average molecular weight is 507 g/mol. The summed E-state index contributed by atoms with van der Waals surface area (Å²) >= 11 is 0. The molecule has 2 saturated heterocycles. The average Bonchev–Trinajstić information content (AvgIpc) is 3.64. The van der Waals surface area contributed by atoms with Gasteiger partial charge in [0.1, 0.15) is 18.0 Å². The lowest BCUT2D eigenvalue weighted by Gasteiger charge is -2.17. The summed E-state index contributed by atoms with van der Waals surface area (Å²) in [5.41, 5.74) is 0.799. The molecule has 0 spiro atoms. The van der Waals surface area contributed by atoms with E-state index in [1.807, 2.05) is 0 Å². The van der Waals surface area contributed by atoms with Gasteiger partial charge in [-0.25, -0.2) is 8.42 Å². The van der Waals surface area contributed by atoms with Crippen LogP contribution >= 0.6 is 0 Å². The molecule has 0 radical (unpaired) electrons. The van der Waals surface area contributed by atoms with Gasteiger partial charge in [-0.05, 0) is 36.4 Å². The Morgan fingerprint density at radius 1 is 0.886 bits per heavy atom. The molecule has 0 aromatic heterocycles. The van der Waals surface area contributed by atoms with Crippen LogP contribution in [0.5, 0.6) is 5.75 Å². The number of sulfonamides is 1. The van der Waals surface area contributed by atoms with Crippen molar-refractivity contribution in [3.8, 4) is 5.75 Å². The van der Waals surface area contributed by atoms with Crippen LogP contribution in [-0.2, 0) is 29.2 Å². The number of benzene rings is 2. The molecule has 11 nitrogen and oxygen atoms in total. The molecule has 0 saturated carbocycles. The molecule has 0 aliphatic carbocycles. The lowest BCUT2D eigenvalue weighted by Crippen LogP contribution is -2.34. The van der Waals surface area contributed by atoms with Crippen molar-refractivity contribution >= 4 is 21.8 Å². The topological polar surface area (TPSA) is 130 Å². The van der Waals surface area contributed by atoms with E-state index < -0.39 is 21.8 Å². The monoisotopic (exact) mass is 506 g/mol. The molecule has 2 atom stereocenters. The van der Waals surface area contributed by atoms with Crippen molar-refractivity contribution in [3.63, 3.8) is 0 Å². The number of rotatable bonds is 7. The first-order valence-corrected chi connectivity index (χ1v) is 12.5. The number of imide groups is 1. The van der Waals surface area contributed by atoms with E-state index in [9.17, 15) is 18.0 Å². The smallest absolute Gasteiger partial charge is 0.285 e. The third-order valence-corrected chi connectivity index (χ3v) is 6.69. The van der Waals surface area contributed by atoms with Gasteiger partial charge in [0.15, 0.2) is 0 Å². The second-order valence-corrected chi connectivity index (χ2v) is 9.55. The van der Waals surface area contributed by atoms with E-state index in [0.29, 0.717) is 56.1 Å². The summed E-state index contributed by atoms with van der Waals surface area (Å²) in [5, 5.41) is 0.851. The summed E-state index contributed by atoms with van der Waals surface area (Å²) in [6, 6.07) is 12.8. The van der Waals surface area contributed by atoms with Crippen molar-refractivity contribution in [2.75, 3.05) is 33.5 Å². The quantitative estimate of drug-likeness (QED) is 0.440. The van der Waals surface area contributed by atoms with E-state index in [1.54, 1.807) is 36.4 Å². The molecule has 5 rings (SSSR count). The number of hydroxylamine groups is 2. The second-order valence-electron chi connectivity index (χ2n) is 7.91. The van der Waals surface area contributed by atoms with Gasteiger partial charge >= 0.3 is 0 Å². The van der Waals surface area contributed by atoms with Crippen LogP contribution in [0.2, 0.25) is 0 Å². The lowest BCUT2D eigenvalue weighted by molar-refractivity contribution is -0.131. The van der Waals surface area contributed by atoms with E-state index in [0.717, 1.165) is 5.06 Å². The first kappa shape index (κ1) is 25.2. The molecule has 0 bridgehead atoms. The molecule has 3 aliphatic rings. The summed E-state index contributed by atoms with van der Waals surface area (Å²) < 4.78 is 38.9. The van der Waals surface area contributed by atoms with Gasteiger partial charge in [0.2, 0.25) is 0 Å². The summed E-state index contributed by atoms with van der Waals surface area (Å²) in [6.07, 6.45) is 0.952. The molecule has 12 heteroatoms. The minimum absolute atomic E-state index is 0.127. The Kier molecular flexibility index (Phi) is 8.11. The molecule has 188 valence electrons. The van der Waals surface area contributed by atoms with Crippen molar-refractivity contribution < 1.29 is 41.9 Å².